The number of fused-ring (bicyclic) bond motifs is 1. The lowest BCUT2D eigenvalue weighted by molar-refractivity contribution is -0.137. The average Bonchev–Trinajstić information content (AvgIpc) is 3.45. The van der Waals surface area contributed by atoms with Crippen LogP contribution in [-0.4, -0.2) is 70.7 Å². The molecule has 3 amide bonds. The van der Waals surface area contributed by atoms with Gasteiger partial charge in [-0.15, -0.1) is 0 Å². The number of hydrogen-bond donors (Lipinski definition) is 2. The highest BCUT2D eigenvalue weighted by Crippen LogP contribution is 2.44. The largest absolute Gasteiger partial charge is 0.416 e. The molecule has 0 bridgehead atoms. The summed E-state index contributed by atoms with van der Waals surface area (Å²) in [6, 6.07) is 16.6. The zero-order valence-corrected chi connectivity index (χ0v) is 25.6. The van der Waals surface area contributed by atoms with Gasteiger partial charge in [0.15, 0.2) is 5.69 Å². The van der Waals surface area contributed by atoms with Crippen LogP contribution in [0, 0.1) is 5.82 Å². The summed E-state index contributed by atoms with van der Waals surface area (Å²) in [5, 5.41) is 10.7. The van der Waals surface area contributed by atoms with Gasteiger partial charge in [0.25, 0.3) is 17.7 Å². The average molecular weight is 649 g/mol. The van der Waals surface area contributed by atoms with Gasteiger partial charge in [-0.3, -0.25) is 19.3 Å². The second-order valence-electron chi connectivity index (χ2n) is 11.5. The summed E-state index contributed by atoms with van der Waals surface area (Å²) in [5.41, 5.74) is 0.0519. The van der Waals surface area contributed by atoms with Crippen LogP contribution >= 0.6 is 0 Å². The number of anilines is 1. The molecule has 13 heteroatoms. The van der Waals surface area contributed by atoms with Crippen molar-refractivity contribution >= 4 is 23.5 Å². The second kappa shape index (κ2) is 12.6. The van der Waals surface area contributed by atoms with Crippen molar-refractivity contribution in [2.75, 3.05) is 31.1 Å². The standard InChI is InChI=1S/C34H32F4N6O3/c1-3-42-31-27(29(33(47)43-17-16-39-19-20(43)2)41-44(31)25-10-5-4-6-11-25)26(21-12-14-24(35)15-13-21)28(32(42)46)40-30(45)22-8-7-9-23(18-22)34(36,37)38/h4-15,18,20,26,28,39H,3,16-17,19H2,1-2H3,(H,40,45)/t20-,26+,28+/m0/s1. The van der Waals surface area contributed by atoms with Gasteiger partial charge in [-0.2, -0.15) is 18.3 Å². The highest BCUT2D eigenvalue weighted by Gasteiger charge is 2.48. The lowest BCUT2D eigenvalue weighted by atomic mass is 9.80. The summed E-state index contributed by atoms with van der Waals surface area (Å²) in [4.78, 5) is 45.5. The van der Waals surface area contributed by atoms with E-state index in [0.717, 1.165) is 12.1 Å². The number of alkyl halides is 3. The van der Waals surface area contributed by atoms with Gasteiger partial charge < -0.3 is 15.5 Å². The number of nitrogens with zero attached hydrogens (tertiary/aromatic N) is 4. The zero-order valence-electron chi connectivity index (χ0n) is 25.6. The molecule has 9 nitrogen and oxygen atoms in total. The third kappa shape index (κ3) is 5.98. The normalized spacial score (nSPS) is 19.8. The number of benzene rings is 3. The third-order valence-electron chi connectivity index (χ3n) is 8.58. The number of para-hydroxylation sites is 1. The number of likely N-dealkylation sites (N-methyl/N-ethyl adjacent to an activating group) is 1. The predicted molar refractivity (Wildman–Crippen MR) is 166 cm³/mol. The van der Waals surface area contributed by atoms with Crippen LogP contribution in [0.2, 0.25) is 0 Å². The van der Waals surface area contributed by atoms with E-state index < -0.39 is 41.3 Å². The molecule has 1 saturated heterocycles. The van der Waals surface area contributed by atoms with E-state index in [0.29, 0.717) is 48.3 Å². The maximum Gasteiger partial charge on any atom is 0.416 e. The first-order valence-corrected chi connectivity index (χ1v) is 15.2. The van der Waals surface area contributed by atoms with E-state index in [2.05, 4.69) is 10.6 Å². The van der Waals surface area contributed by atoms with Crippen molar-refractivity contribution in [2.24, 2.45) is 0 Å². The fourth-order valence-corrected chi connectivity index (χ4v) is 6.28. The molecule has 3 heterocycles. The zero-order chi connectivity index (χ0) is 33.5. The van der Waals surface area contributed by atoms with Crippen molar-refractivity contribution in [1.82, 2.24) is 25.3 Å². The number of piperazine rings is 1. The quantitative estimate of drug-likeness (QED) is 0.294. The second-order valence-corrected chi connectivity index (χ2v) is 11.5. The van der Waals surface area contributed by atoms with E-state index in [1.165, 1.54) is 39.9 Å². The van der Waals surface area contributed by atoms with Crippen molar-refractivity contribution in [3.8, 4) is 5.69 Å². The van der Waals surface area contributed by atoms with Crippen molar-refractivity contribution in [3.63, 3.8) is 0 Å². The first-order valence-electron chi connectivity index (χ1n) is 15.2. The van der Waals surface area contributed by atoms with Gasteiger partial charge in [0.1, 0.15) is 17.7 Å². The van der Waals surface area contributed by atoms with E-state index >= 15 is 0 Å². The molecular weight excluding hydrogens is 616 g/mol. The van der Waals surface area contributed by atoms with Crippen LogP contribution in [0.3, 0.4) is 0 Å². The number of nitrogens with one attached hydrogen (secondary N) is 2. The first kappa shape index (κ1) is 31.9. The molecule has 0 saturated carbocycles. The van der Waals surface area contributed by atoms with Gasteiger partial charge in [-0.25, -0.2) is 9.07 Å². The molecule has 3 aromatic carbocycles. The van der Waals surface area contributed by atoms with Crippen LogP contribution < -0.4 is 15.5 Å². The molecule has 0 radical (unpaired) electrons. The number of halogens is 4. The molecular formula is C34H32F4N6O3. The van der Waals surface area contributed by atoms with Crippen molar-refractivity contribution < 1.29 is 31.9 Å². The van der Waals surface area contributed by atoms with Gasteiger partial charge in [-0.1, -0.05) is 36.4 Å². The Morgan fingerprint density at radius 2 is 1.74 bits per heavy atom. The van der Waals surface area contributed by atoms with E-state index in [-0.39, 0.29) is 29.8 Å². The molecule has 3 atom stereocenters. The highest BCUT2D eigenvalue weighted by molar-refractivity contribution is 6.07. The first-order chi connectivity index (χ1) is 22.5. The molecule has 0 aliphatic carbocycles. The summed E-state index contributed by atoms with van der Waals surface area (Å²) in [7, 11) is 0. The Morgan fingerprint density at radius 3 is 2.40 bits per heavy atom. The minimum Gasteiger partial charge on any atom is -0.339 e. The lowest BCUT2D eigenvalue weighted by Gasteiger charge is -2.39. The maximum absolute atomic E-state index is 14.4. The fraction of sp³-hybridized carbons (Fsp3) is 0.294. The molecule has 1 aromatic heterocycles. The monoisotopic (exact) mass is 648 g/mol. The maximum atomic E-state index is 14.4. The fourth-order valence-electron chi connectivity index (χ4n) is 6.28. The molecule has 0 spiro atoms. The predicted octanol–water partition coefficient (Wildman–Crippen LogP) is 4.76. The molecule has 4 aromatic rings. The van der Waals surface area contributed by atoms with Crippen LogP contribution in [0.25, 0.3) is 5.69 Å². The van der Waals surface area contributed by atoms with Crippen LogP contribution in [0.1, 0.15) is 57.3 Å². The Bertz CT molecular complexity index is 1810. The van der Waals surface area contributed by atoms with Crippen molar-refractivity contribution in [3.05, 3.63) is 113 Å². The summed E-state index contributed by atoms with van der Waals surface area (Å²) < 4.78 is 56.2. The SMILES string of the molecule is CCN1C(=O)[C@H](NC(=O)c2cccc(C(F)(F)F)c2)[C@H](c2ccc(F)cc2)c2c(C(=O)N3CCNC[C@@H]3C)nn(-c3ccccc3)c21. The van der Waals surface area contributed by atoms with Gasteiger partial charge in [-0.05, 0) is 61.9 Å². The topological polar surface area (TPSA) is 99.6 Å². The van der Waals surface area contributed by atoms with Gasteiger partial charge in [0.2, 0.25) is 0 Å². The van der Waals surface area contributed by atoms with Crippen LogP contribution in [-0.2, 0) is 11.0 Å². The summed E-state index contributed by atoms with van der Waals surface area (Å²) in [6.45, 7) is 5.28. The van der Waals surface area contributed by atoms with E-state index in [1.54, 1.807) is 36.1 Å². The molecule has 1 fully saturated rings. The Labute approximate surface area is 268 Å². The minimum absolute atomic E-state index is 0.0520. The lowest BCUT2D eigenvalue weighted by Crippen LogP contribution is -2.56. The number of amides is 3. The number of carbonyl (C=O) groups is 3. The summed E-state index contributed by atoms with van der Waals surface area (Å²) in [5.74, 6) is -3.15. The van der Waals surface area contributed by atoms with Gasteiger partial charge >= 0.3 is 6.18 Å². The number of aromatic nitrogens is 2. The van der Waals surface area contributed by atoms with Gasteiger partial charge in [0.05, 0.1) is 11.3 Å². The highest BCUT2D eigenvalue weighted by atomic mass is 19.4. The molecule has 2 N–H and O–H groups in total. The Hall–Kier alpha value is -5.04. The van der Waals surface area contributed by atoms with Crippen LogP contribution in [0.5, 0.6) is 0 Å². The smallest absolute Gasteiger partial charge is 0.339 e. The van der Waals surface area contributed by atoms with Crippen LogP contribution in [0.15, 0.2) is 78.9 Å². The number of carbonyl (C=O) groups excluding carboxylic acids is 3. The summed E-state index contributed by atoms with van der Waals surface area (Å²) >= 11 is 0. The minimum atomic E-state index is -4.69. The number of hydrogen-bond acceptors (Lipinski definition) is 5. The molecule has 6 rings (SSSR count). The molecule has 0 unspecified atom stereocenters. The van der Waals surface area contributed by atoms with E-state index in [9.17, 15) is 31.9 Å². The Balaban J connectivity index is 1.56. The Kier molecular flexibility index (Phi) is 8.58. The molecule has 244 valence electrons. The van der Waals surface area contributed by atoms with Crippen LogP contribution in [0.4, 0.5) is 23.4 Å². The molecule has 2 aliphatic rings. The molecule has 47 heavy (non-hydrogen) atoms. The Morgan fingerprint density at radius 1 is 1.02 bits per heavy atom. The summed E-state index contributed by atoms with van der Waals surface area (Å²) in [6.07, 6.45) is -4.69. The van der Waals surface area contributed by atoms with Gasteiger partial charge in [0, 0.05) is 49.3 Å². The van der Waals surface area contributed by atoms with Crippen molar-refractivity contribution in [1.29, 1.82) is 0 Å². The van der Waals surface area contributed by atoms with E-state index in [1.807, 2.05) is 13.0 Å². The number of rotatable bonds is 6. The van der Waals surface area contributed by atoms with E-state index in [4.69, 9.17) is 5.10 Å². The molecule has 2 aliphatic heterocycles. The van der Waals surface area contributed by atoms with Crippen molar-refractivity contribution in [2.45, 2.75) is 38.0 Å². The third-order valence-corrected chi connectivity index (χ3v) is 8.58.